The third-order valence-electron chi connectivity index (χ3n) is 6.13. The van der Waals surface area contributed by atoms with Gasteiger partial charge in [-0.2, -0.15) is 0 Å². The molecule has 2 bridgehead atoms. The summed E-state index contributed by atoms with van der Waals surface area (Å²) < 4.78 is 13.3. The van der Waals surface area contributed by atoms with E-state index in [4.69, 9.17) is 9.15 Å². The van der Waals surface area contributed by atoms with Crippen LogP contribution in [-0.4, -0.2) is 28.5 Å². The van der Waals surface area contributed by atoms with Crippen molar-refractivity contribution >= 4 is 5.91 Å². The fourth-order valence-corrected chi connectivity index (χ4v) is 4.66. The quantitative estimate of drug-likeness (QED) is 0.667. The fraction of sp³-hybridized carbons (Fsp3) is 0.333. The lowest BCUT2D eigenvalue weighted by atomic mass is 9.83. The van der Waals surface area contributed by atoms with Crippen molar-refractivity contribution in [3.63, 3.8) is 0 Å². The number of carbonyl (C=O) groups excluding carboxylic acids is 1. The Hall–Kier alpha value is -3.28. The number of nitrogens with zero attached hydrogens (tertiary/aromatic N) is 2. The van der Waals surface area contributed by atoms with Gasteiger partial charge in [0.2, 0.25) is 0 Å². The SMILES string of the molecule is Cc1ccc(OCc2occc2C(=O)N2CC3CC(C2)c2cccc(=O)n2C3)cc1. The highest BCUT2D eigenvalue weighted by atomic mass is 16.5. The van der Waals surface area contributed by atoms with Gasteiger partial charge in [0.1, 0.15) is 12.4 Å². The van der Waals surface area contributed by atoms with Crippen LogP contribution >= 0.6 is 0 Å². The highest BCUT2D eigenvalue weighted by Gasteiger charge is 2.37. The molecule has 1 saturated heterocycles. The van der Waals surface area contributed by atoms with Crippen LogP contribution in [-0.2, 0) is 13.2 Å². The summed E-state index contributed by atoms with van der Waals surface area (Å²) in [6.45, 7) is 4.16. The predicted octanol–water partition coefficient (Wildman–Crippen LogP) is 3.59. The van der Waals surface area contributed by atoms with Gasteiger partial charge in [-0.25, -0.2) is 0 Å². The van der Waals surface area contributed by atoms with Crippen molar-refractivity contribution in [2.75, 3.05) is 13.1 Å². The molecule has 6 heteroatoms. The van der Waals surface area contributed by atoms with E-state index in [1.165, 1.54) is 0 Å². The first-order valence-corrected chi connectivity index (χ1v) is 10.3. The maximum Gasteiger partial charge on any atom is 0.257 e. The van der Waals surface area contributed by atoms with Crippen molar-refractivity contribution in [3.8, 4) is 5.75 Å². The third kappa shape index (κ3) is 3.43. The number of likely N-dealkylation sites (tertiary alicyclic amines) is 1. The molecule has 2 unspecified atom stereocenters. The van der Waals surface area contributed by atoms with Crippen molar-refractivity contribution in [1.82, 2.24) is 9.47 Å². The standard InChI is InChI=1S/C24H24N2O4/c1-16-5-7-19(8-6-16)30-15-22-20(9-10-29-22)24(28)25-12-17-11-18(14-25)21-3-2-4-23(27)26(21)13-17/h2-10,17-18H,11-15H2,1H3. The van der Waals surface area contributed by atoms with Crippen LogP contribution in [0.5, 0.6) is 5.75 Å². The van der Waals surface area contributed by atoms with E-state index in [1.54, 1.807) is 18.4 Å². The molecular formula is C24H24N2O4. The highest BCUT2D eigenvalue weighted by molar-refractivity contribution is 5.95. The van der Waals surface area contributed by atoms with Gasteiger partial charge in [-0.05, 0) is 43.5 Å². The average molecular weight is 404 g/mol. The maximum atomic E-state index is 13.3. The second-order valence-corrected chi connectivity index (χ2v) is 8.27. The molecule has 154 valence electrons. The van der Waals surface area contributed by atoms with Crippen LogP contribution < -0.4 is 10.3 Å². The molecule has 1 fully saturated rings. The number of pyridine rings is 1. The van der Waals surface area contributed by atoms with Crippen molar-refractivity contribution in [2.45, 2.75) is 32.4 Å². The lowest BCUT2D eigenvalue weighted by molar-refractivity contribution is 0.0590. The summed E-state index contributed by atoms with van der Waals surface area (Å²) in [6.07, 6.45) is 2.56. The minimum absolute atomic E-state index is 0.0346. The number of hydrogen-bond donors (Lipinski definition) is 0. The zero-order chi connectivity index (χ0) is 20.7. The van der Waals surface area contributed by atoms with Crippen molar-refractivity contribution in [3.05, 3.63) is 87.7 Å². The zero-order valence-corrected chi connectivity index (χ0v) is 16.9. The molecule has 0 saturated carbocycles. The number of aryl methyl sites for hydroxylation is 1. The van der Waals surface area contributed by atoms with Gasteiger partial charge in [0.15, 0.2) is 5.76 Å². The van der Waals surface area contributed by atoms with Gasteiger partial charge in [0.05, 0.1) is 11.8 Å². The van der Waals surface area contributed by atoms with Crippen LogP contribution in [0.25, 0.3) is 0 Å². The van der Waals surface area contributed by atoms with Crippen LogP contribution in [0.2, 0.25) is 0 Å². The number of piperidine rings is 1. The summed E-state index contributed by atoms with van der Waals surface area (Å²) in [5.74, 6) is 1.72. The summed E-state index contributed by atoms with van der Waals surface area (Å²) in [7, 11) is 0. The number of carbonyl (C=O) groups is 1. The van der Waals surface area contributed by atoms with Crippen molar-refractivity contribution < 1.29 is 13.9 Å². The number of hydrogen-bond acceptors (Lipinski definition) is 4. The Morgan fingerprint density at radius 3 is 2.77 bits per heavy atom. The van der Waals surface area contributed by atoms with Gasteiger partial charge in [0.25, 0.3) is 11.5 Å². The molecule has 5 rings (SSSR count). The van der Waals surface area contributed by atoms with Crippen LogP contribution in [0.1, 0.15) is 39.7 Å². The third-order valence-corrected chi connectivity index (χ3v) is 6.13. The molecule has 3 aromatic rings. The van der Waals surface area contributed by atoms with Gasteiger partial charge in [-0.3, -0.25) is 9.59 Å². The van der Waals surface area contributed by atoms with Crippen LogP contribution in [0, 0.1) is 12.8 Å². The first-order chi connectivity index (χ1) is 14.6. The number of fused-ring (bicyclic) bond motifs is 4. The zero-order valence-electron chi connectivity index (χ0n) is 16.9. The average Bonchev–Trinajstić information content (AvgIpc) is 3.22. The molecule has 2 aliphatic rings. The second kappa shape index (κ2) is 7.52. The molecule has 1 amide bonds. The molecule has 0 radical (unpaired) electrons. The van der Waals surface area contributed by atoms with E-state index < -0.39 is 0 Å². The topological polar surface area (TPSA) is 64.7 Å². The number of aromatic nitrogens is 1. The Morgan fingerprint density at radius 1 is 1.10 bits per heavy atom. The summed E-state index contributed by atoms with van der Waals surface area (Å²) in [5.41, 5.74) is 2.79. The predicted molar refractivity (Wildman–Crippen MR) is 112 cm³/mol. The summed E-state index contributed by atoms with van der Waals surface area (Å²) in [4.78, 5) is 27.4. The Bertz CT molecular complexity index is 1130. The Balaban J connectivity index is 1.32. The molecule has 1 aromatic carbocycles. The molecule has 2 atom stereocenters. The van der Waals surface area contributed by atoms with Gasteiger partial charge >= 0.3 is 0 Å². The molecule has 0 N–H and O–H groups in total. The number of rotatable bonds is 4. The van der Waals surface area contributed by atoms with E-state index in [2.05, 4.69) is 0 Å². The number of benzene rings is 1. The molecule has 2 aliphatic heterocycles. The minimum Gasteiger partial charge on any atom is -0.486 e. The summed E-state index contributed by atoms with van der Waals surface area (Å²) >= 11 is 0. The van der Waals surface area contributed by atoms with Crippen molar-refractivity contribution in [2.24, 2.45) is 5.92 Å². The molecule has 6 nitrogen and oxygen atoms in total. The summed E-state index contributed by atoms with van der Waals surface area (Å²) in [5, 5.41) is 0. The van der Waals surface area contributed by atoms with Gasteiger partial charge in [-0.1, -0.05) is 23.8 Å². The molecule has 0 spiro atoms. The fourth-order valence-electron chi connectivity index (χ4n) is 4.66. The van der Waals surface area contributed by atoms with Gasteiger partial charge in [-0.15, -0.1) is 0 Å². The Kier molecular flexibility index (Phi) is 4.69. The number of amides is 1. The number of ether oxygens (including phenoxy) is 1. The van der Waals surface area contributed by atoms with Gasteiger partial charge in [0, 0.05) is 37.3 Å². The van der Waals surface area contributed by atoms with Crippen LogP contribution in [0.4, 0.5) is 0 Å². The lowest BCUT2D eigenvalue weighted by Crippen LogP contribution is -2.49. The lowest BCUT2D eigenvalue weighted by Gasteiger charge is -2.42. The monoisotopic (exact) mass is 404 g/mol. The summed E-state index contributed by atoms with van der Waals surface area (Å²) in [6, 6.07) is 14.9. The Labute approximate surface area is 174 Å². The van der Waals surface area contributed by atoms with E-state index in [-0.39, 0.29) is 24.0 Å². The van der Waals surface area contributed by atoms with E-state index in [0.717, 1.165) is 23.4 Å². The maximum absolute atomic E-state index is 13.3. The smallest absolute Gasteiger partial charge is 0.257 e. The van der Waals surface area contributed by atoms with Crippen LogP contribution in [0.15, 0.2) is 64.0 Å². The van der Waals surface area contributed by atoms with E-state index in [1.807, 2.05) is 52.8 Å². The first-order valence-electron chi connectivity index (χ1n) is 10.3. The van der Waals surface area contributed by atoms with Crippen LogP contribution in [0.3, 0.4) is 0 Å². The Morgan fingerprint density at radius 2 is 1.93 bits per heavy atom. The molecule has 2 aromatic heterocycles. The first kappa shape index (κ1) is 18.7. The molecular weight excluding hydrogens is 380 g/mol. The highest BCUT2D eigenvalue weighted by Crippen LogP contribution is 2.35. The minimum atomic E-state index is -0.0346. The largest absolute Gasteiger partial charge is 0.486 e. The molecule has 4 heterocycles. The molecule has 30 heavy (non-hydrogen) atoms. The number of furan rings is 1. The van der Waals surface area contributed by atoms with E-state index in [9.17, 15) is 9.59 Å². The van der Waals surface area contributed by atoms with Gasteiger partial charge < -0.3 is 18.6 Å². The van der Waals surface area contributed by atoms with Crippen molar-refractivity contribution in [1.29, 1.82) is 0 Å². The normalized spacial score (nSPS) is 20.0. The van der Waals surface area contributed by atoms with E-state index in [0.29, 0.717) is 36.9 Å². The van der Waals surface area contributed by atoms with E-state index >= 15 is 0 Å². The second-order valence-electron chi connectivity index (χ2n) is 8.27. The molecule has 0 aliphatic carbocycles.